The number of carbonyl (C=O) groups excluding carboxylic acids is 2. The Labute approximate surface area is 207 Å². The number of amides is 1. The van der Waals surface area contributed by atoms with Gasteiger partial charge in [-0.2, -0.15) is 13.2 Å². The zero-order valence-electron chi connectivity index (χ0n) is 15.4. The van der Waals surface area contributed by atoms with Crippen LogP contribution < -0.4 is 5.32 Å². The molecule has 166 valence electrons. The standard InChI is InChI=1S/C20H13Br2Cl3F3NO2/c21-20(22)16(9-5-10(23)7-11(24)6-9)17(20)18(31)29-12-1-2-14(25)13(8-12)15(30)3-4-19(26,27)28/h1-2,5-8,16-17H,3-4H2,(H,29,31). The van der Waals surface area contributed by atoms with E-state index in [4.69, 9.17) is 34.8 Å². The van der Waals surface area contributed by atoms with Gasteiger partial charge in [-0.05, 0) is 42.0 Å². The second-order valence-electron chi connectivity index (χ2n) is 7.05. The molecule has 0 heterocycles. The first-order chi connectivity index (χ1) is 14.3. The van der Waals surface area contributed by atoms with Crippen molar-refractivity contribution in [3.63, 3.8) is 0 Å². The molecule has 0 saturated heterocycles. The van der Waals surface area contributed by atoms with Gasteiger partial charge in [0.15, 0.2) is 5.78 Å². The van der Waals surface area contributed by atoms with E-state index in [0.717, 1.165) is 5.56 Å². The first-order valence-electron chi connectivity index (χ1n) is 8.84. The van der Waals surface area contributed by atoms with E-state index >= 15 is 0 Å². The summed E-state index contributed by atoms with van der Waals surface area (Å²) in [5.74, 6) is -1.94. The summed E-state index contributed by atoms with van der Waals surface area (Å²) in [6.45, 7) is 0. The molecule has 0 radical (unpaired) electrons. The lowest BCUT2D eigenvalue weighted by Crippen LogP contribution is -2.17. The number of alkyl halides is 5. The molecule has 11 heteroatoms. The molecule has 1 aliphatic rings. The minimum absolute atomic E-state index is 0.0124. The van der Waals surface area contributed by atoms with Gasteiger partial charge in [0.2, 0.25) is 5.91 Å². The smallest absolute Gasteiger partial charge is 0.326 e. The predicted octanol–water partition coefficient (Wildman–Crippen LogP) is 8.01. The Bertz CT molecular complexity index is 1030. The van der Waals surface area contributed by atoms with Crippen molar-refractivity contribution in [3.05, 3.63) is 62.6 Å². The van der Waals surface area contributed by atoms with Crippen molar-refractivity contribution in [1.82, 2.24) is 0 Å². The maximum absolute atomic E-state index is 12.9. The summed E-state index contributed by atoms with van der Waals surface area (Å²) in [5.41, 5.74) is 0.919. The largest absolute Gasteiger partial charge is 0.389 e. The molecule has 0 spiro atoms. The van der Waals surface area contributed by atoms with E-state index in [1.54, 1.807) is 18.2 Å². The van der Waals surface area contributed by atoms with Gasteiger partial charge in [0.1, 0.15) is 3.23 Å². The van der Waals surface area contributed by atoms with Gasteiger partial charge in [-0.15, -0.1) is 0 Å². The molecule has 1 fully saturated rings. The average Bonchev–Trinajstić information content (AvgIpc) is 3.22. The first-order valence-corrected chi connectivity index (χ1v) is 11.6. The third-order valence-electron chi connectivity index (χ3n) is 4.75. The molecule has 2 aromatic carbocycles. The fraction of sp³-hybridized carbons (Fsp3) is 0.300. The summed E-state index contributed by atoms with van der Waals surface area (Å²) < 4.78 is 36.5. The normalized spacial score (nSPS) is 19.7. The van der Waals surface area contributed by atoms with E-state index in [0.29, 0.717) is 10.0 Å². The molecule has 2 atom stereocenters. The zero-order chi connectivity index (χ0) is 23.1. The molecule has 0 aromatic heterocycles. The van der Waals surface area contributed by atoms with Crippen LogP contribution in [0.3, 0.4) is 0 Å². The fourth-order valence-electron chi connectivity index (χ4n) is 3.25. The molecular formula is C20H13Br2Cl3F3NO2. The van der Waals surface area contributed by atoms with Gasteiger partial charge in [0.25, 0.3) is 0 Å². The number of Topliss-reactive ketones (excluding diaryl/α,β-unsaturated/α-hetero) is 1. The lowest BCUT2D eigenvalue weighted by atomic mass is 10.1. The number of benzene rings is 2. The van der Waals surface area contributed by atoms with E-state index in [1.165, 1.54) is 18.2 Å². The Hall–Kier alpha value is -0.800. The van der Waals surface area contributed by atoms with Crippen molar-refractivity contribution in [2.45, 2.75) is 28.2 Å². The topological polar surface area (TPSA) is 46.2 Å². The highest BCUT2D eigenvalue weighted by Gasteiger charge is 2.66. The van der Waals surface area contributed by atoms with Crippen LogP contribution in [0.2, 0.25) is 15.1 Å². The monoisotopic (exact) mass is 619 g/mol. The van der Waals surface area contributed by atoms with Crippen LogP contribution in [0.5, 0.6) is 0 Å². The second-order valence-corrected chi connectivity index (χ2v) is 12.0. The summed E-state index contributed by atoms with van der Waals surface area (Å²) in [4.78, 5) is 25.0. The molecule has 2 aromatic rings. The Kier molecular flexibility index (Phi) is 7.38. The predicted molar refractivity (Wildman–Crippen MR) is 123 cm³/mol. The Morgan fingerprint density at radius 3 is 2.23 bits per heavy atom. The second kappa shape index (κ2) is 9.21. The molecule has 3 nitrogen and oxygen atoms in total. The van der Waals surface area contributed by atoms with Gasteiger partial charge in [-0.25, -0.2) is 0 Å². The molecule has 1 amide bonds. The van der Waals surface area contributed by atoms with Crippen LogP contribution in [-0.2, 0) is 4.79 Å². The molecule has 0 bridgehead atoms. The van der Waals surface area contributed by atoms with Crippen LogP contribution in [0.25, 0.3) is 0 Å². The maximum atomic E-state index is 12.9. The van der Waals surface area contributed by atoms with Gasteiger partial charge >= 0.3 is 6.18 Å². The van der Waals surface area contributed by atoms with Gasteiger partial charge in [0, 0.05) is 33.6 Å². The maximum Gasteiger partial charge on any atom is 0.389 e. The highest BCUT2D eigenvalue weighted by Crippen LogP contribution is 2.67. The quantitative estimate of drug-likeness (QED) is 0.262. The van der Waals surface area contributed by atoms with E-state index in [2.05, 4.69) is 37.2 Å². The molecule has 1 N–H and O–H groups in total. The minimum Gasteiger partial charge on any atom is -0.326 e. The van der Waals surface area contributed by atoms with Gasteiger partial charge in [-0.1, -0.05) is 66.7 Å². The number of ketones is 1. The zero-order valence-corrected chi connectivity index (χ0v) is 20.8. The molecule has 1 aliphatic carbocycles. The Morgan fingerprint density at radius 1 is 1.03 bits per heavy atom. The van der Waals surface area contributed by atoms with Crippen molar-refractivity contribution in [1.29, 1.82) is 0 Å². The van der Waals surface area contributed by atoms with Crippen LogP contribution in [0.4, 0.5) is 18.9 Å². The highest BCUT2D eigenvalue weighted by molar-refractivity contribution is 9.25. The average molecular weight is 622 g/mol. The number of rotatable bonds is 6. The lowest BCUT2D eigenvalue weighted by Gasteiger charge is -2.10. The van der Waals surface area contributed by atoms with E-state index < -0.39 is 34.0 Å². The number of carbonyl (C=O) groups is 2. The third-order valence-corrected chi connectivity index (χ3v) is 7.49. The minimum atomic E-state index is -4.45. The van der Waals surface area contributed by atoms with Crippen LogP contribution in [0, 0.1) is 5.92 Å². The first kappa shape index (κ1) is 24.8. The fourth-order valence-corrected chi connectivity index (χ4v) is 5.75. The number of nitrogens with one attached hydrogen (secondary N) is 1. The van der Waals surface area contributed by atoms with E-state index in [1.807, 2.05) is 0 Å². The summed E-state index contributed by atoms with van der Waals surface area (Å²) in [6, 6.07) is 9.11. The van der Waals surface area contributed by atoms with E-state index in [9.17, 15) is 22.8 Å². The molecule has 31 heavy (non-hydrogen) atoms. The molecule has 3 rings (SSSR count). The van der Waals surface area contributed by atoms with Crippen LogP contribution in [-0.4, -0.2) is 21.1 Å². The number of hydrogen-bond acceptors (Lipinski definition) is 2. The molecular weight excluding hydrogens is 609 g/mol. The van der Waals surface area contributed by atoms with Crippen molar-refractivity contribution in [2.24, 2.45) is 5.92 Å². The molecule has 1 saturated carbocycles. The Morgan fingerprint density at radius 2 is 1.65 bits per heavy atom. The summed E-state index contributed by atoms with van der Waals surface area (Å²) in [5, 5.41) is 3.57. The number of halogens is 8. The highest BCUT2D eigenvalue weighted by atomic mass is 79.9. The summed E-state index contributed by atoms with van der Waals surface area (Å²) in [6.07, 6.45) is -6.43. The van der Waals surface area contributed by atoms with Crippen molar-refractivity contribution in [3.8, 4) is 0 Å². The SMILES string of the molecule is O=C(CCC(F)(F)F)c1cc(NC(=O)C2C(c3cc(Cl)cc(Cl)c3)C2(Br)Br)ccc1Cl. The van der Waals surface area contributed by atoms with Crippen molar-refractivity contribution in [2.75, 3.05) is 5.32 Å². The lowest BCUT2D eigenvalue weighted by molar-refractivity contribution is -0.133. The van der Waals surface area contributed by atoms with Crippen LogP contribution in [0.15, 0.2) is 36.4 Å². The summed E-state index contributed by atoms with van der Waals surface area (Å²) in [7, 11) is 0. The molecule has 0 aliphatic heterocycles. The summed E-state index contributed by atoms with van der Waals surface area (Å²) >= 11 is 25.1. The van der Waals surface area contributed by atoms with Crippen LogP contribution >= 0.6 is 66.7 Å². The number of hydrogen-bond donors (Lipinski definition) is 1. The van der Waals surface area contributed by atoms with Gasteiger partial charge in [0.05, 0.1) is 17.4 Å². The van der Waals surface area contributed by atoms with Crippen molar-refractivity contribution < 1.29 is 22.8 Å². The third kappa shape index (κ3) is 5.96. The van der Waals surface area contributed by atoms with Crippen LogP contribution in [0.1, 0.15) is 34.7 Å². The number of anilines is 1. The Balaban J connectivity index is 1.75. The van der Waals surface area contributed by atoms with E-state index in [-0.39, 0.29) is 28.1 Å². The molecule has 2 unspecified atom stereocenters. The van der Waals surface area contributed by atoms with Gasteiger partial charge in [-0.3, -0.25) is 9.59 Å². The van der Waals surface area contributed by atoms with Crippen molar-refractivity contribution >= 4 is 84.0 Å². The van der Waals surface area contributed by atoms with Gasteiger partial charge < -0.3 is 5.32 Å².